The van der Waals surface area contributed by atoms with Gasteiger partial charge in [-0.3, -0.25) is 0 Å². The molecule has 0 spiro atoms. The van der Waals surface area contributed by atoms with Crippen LogP contribution in [-0.2, 0) is 0 Å². The van der Waals surface area contributed by atoms with E-state index in [9.17, 15) is 4.79 Å². The van der Waals surface area contributed by atoms with Crippen LogP contribution in [0.2, 0.25) is 0 Å². The van der Waals surface area contributed by atoms with Crippen molar-refractivity contribution in [2.45, 2.75) is 0 Å². The Hall–Kier alpha value is -1.97. The number of benzene rings is 1. The van der Waals surface area contributed by atoms with Gasteiger partial charge in [0, 0.05) is 0 Å². The van der Waals surface area contributed by atoms with Crippen LogP contribution in [-0.4, -0.2) is 17.9 Å². The molecule has 0 amide bonds. The average molecular weight is 194 g/mol. The lowest BCUT2D eigenvalue weighted by Crippen LogP contribution is -2.05. The van der Waals surface area contributed by atoms with Crippen molar-refractivity contribution < 1.29 is 19.4 Å². The van der Waals surface area contributed by atoms with E-state index in [0.29, 0.717) is 12.4 Å². The van der Waals surface area contributed by atoms with Crippen molar-refractivity contribution in [3.05, 3.63) is 36.9 Å². The van der Waals surface area contributed by atoms with Crippen LogP contribution in [0.25, 0.3) is 0 Å². The molecule has 0 aromatic heterocycles. The summed E-state index contributed by atoms with van der Waals surface area (Å²) in [7, 11) is 0. The third kappa shape index (κ3) is 2.82. The molecule has 0 aliphatic heterocycles. The standard InChI is InChI=1S/C10H10O4/c1-2-7-13-8-5-3-4-6-9(8)14-10(11)12/h2-6H,1,7H2,(H,11,12). The smallest absolute Gasteiger partial charge is 0.486 e. The Morgan fingerprint density at radius 2 is 2.07 bits per heavy atom. The van der Waals surface area contributed by atoms with Gasteiger partial charge in [-0.05, 0) is 12.1 Å². The molecule has 0 atom stereocenters. The largest absolute Gasteiger partial charge is 0.511 e. The summed E-state index contributed by atoms with van der Waals surface area (Å²) in [5, 5.41) is 8.42. The van der Waals surface area contributed by atoms with Crippen molar-refractivity contribution in [2.24, 2.45) is 0 Å². The topological polar surface area (TPSA) is 55.8 Å². The fourth-order valence-electron chi connectivity index (χ4n) is 0.896. The molecule has 1 rings (SSSR count). The minimum absolute atomic E-state index is 0.182. The maximum atomic E-state index is 10.3. The van der Waals surface area contributed by atoms with Gasteiger partial charge in [-0.2, -0.15) is 0 Å². The summed E-state index contributed by atoms with van der Waals surface area (Å²) >= 11 is 0. The Morgan fingerprint density at radius 1 is 1.43 bits per heavy atom. The van der Waals surface area contributed by atoms with E-state index in [-0.39, 0.29) is 5.75 Å². The molecular weight excluding hydrogens is 184 g/mol. The van der Waals surface area contributed by atoms with Crippen LogP contribution >= 0.6 is 0 Å². The fraction of sp³-hybridized carbons (Fsp3) is 0.100. The van der Waals surface area contributed by atoms with Gasteiger partial charge in [0.15, 0.2) is 11.5 Å². The lowest BCUT2D eigenvalue weighted by Gasteiger charge is -2.07. The molecule has 0 heterocycles. The molecule has 0 aliphatic rings. The first-order chi connectivity index (χ1) is 6.74. The summed E-state index contributed by atoms with van der Waals surface area (Å²) in [6, 6.07) is 6.54. The minimum atomic E-state index is -1.36. The molecular formula is C10H10O4. The Balaban J connectivity index is 2.79. The van der Waals surface area contributed by atoms with E-state index >= 15 is 0 Å². The summed E-state index contributed by atoms with van der Waals surface area (Å²) in [6.45, 7) is 3.79. The van der Waals surface area contributed by atoms with Gasteiger partial charge in [0.2, 0.25) is 0 Å². The molecule has 0 saturated carbocycles. The molecule has 0 bridgehead atoms. The highest BCUT2D eigenvalue weighted by Gasteiger charge is 2.06. The summed E-state index contributed by atoms with van der Waals surface area (Å²) in [6.07, 6.45) is 0.206. The number of carbonyl (C=O) groups is 1. The van der Waals surface area contributed by atoms with E-state index < -0.39 is 6.16 Å². The van der Waals surface area contributed by atoms with E-state index in [4.69, 9.17) is 9.84 Å². The highest BCUT2D eigenvalue weighted by Crippen LogP contribution is 2.26. The Labute approximate surface area is 81.4 Å². The number of ether oxygens (including phenoxy) is 2. The van der Waals surface area contributed by atoms with Gasteiger partial charge in [0.25, 0.3) is 0 Å². The van der Waals surface area contributed by atoms with Gasteiger partial charge in [0.05, 0.1) is 0 Å². The average Bonchev–Trinajstić information content (AvgIpc) is 2.16. The number of hydrogen-bond donors (Lipinski definition) is 1. The van der Waals surface area contributed by atoms with E-state index in [1.807, 2.05) is 0 Å². The van der Waals surface area contributed by atoms with Crippen LogP contribution in [0, 0.1) is 0 Å². The minimum Gasteiger partial charge on any atom is -0.486 e. The SMILES string of the molecule is C=CCOc1ccccc1OC(=O)O. The van der Waals surface area contributed by atoms with Crippen molar-refractivity contribution in [2.75, 3.05) is 6.61 Å². The van der Waals surface area contributed by atoms with Crippen molar-refractivity contribution in [3.8, 4) is 11.5 Å². The molecule has 0 unspecified atom stereocenters. The van der Waals surface area contributed by atoms with Crippen LogP contribution in [0.3, 0.4) is 0 Å². The first-order valence-corrected chi connectivity index (χ1v) is 3.97. The molecule has 0 radical (unpaired) electrons. The lowest BCUT2D eigenvalue weighted by molar-refractivity contribution is 0.142. The second kappa shape index (κ2) is 4.91. The van der Waals surface area contributed by atoms with E-state index in [2.05, 4.69) is 11.3 Å². The van der Waals surface area contributed by atoms with Crippen LogP contribution < -0.4 is 9.47 Å². The first-order valence-electron chi connectivity index (χ1n) is 3.97. The molecule has 4 nitrogen and oxygen atoms in total. The number of para-hydroxylation sites is 2. The molecule has 14 heavy (non-hydrogen) atoms. The molecule has 1 aromatic carbocycles. The number of carboxylic acid groups (broad SMARTS) is 1. The normalized spacial score (nSPS) is 9.14. The van der Waals surface area contributed by atoms with Gasteiger partial charge >= 0.3 is 6.16 Å². The van der Waals surface area contributed by atoms with Crippen molar-refractivity contribution in [3.63, 3.8) is 0 Å². The predicted octanol–water partition coefficient (Wildman–Crippen LogP) is 2.31. The van der Waals surface area contributed by atoms with Crippen LogP contribution in [0.1, 0.15) is 0 Å². The van der Waals surface area contributed by atoms with Gasteiger partial charge in [-0.25, -0.2) is 4.79 Å². The third-order valence-corrected chi connectivity index (χ3v) is 1.40. The third-order valence-electron chi connectivity index (χ3n) is 1.40. The maximum absolute atomic E-state index is 10.3. The predicted molar refractivity (Wildman–Crippen MR) is 50.8 cm³/mol. The van der Waals surface area contributed by atoms with E-state index in [1.165, 1.54) is 6.07 Å². The van der Waals surface area contributed by atoms with Crippen molar-refractivity contribution >= 4 is 6.16 Å². The van der Waals surface area contributed by atoms with E-state index in [0.717, 1.165) is 0 Å². The molecule has 1 N–H and O–H groups in total. The first kappa shape index (κ1) is 10.1. The summed E-state index contributed by atoms with van der Waals surface area (Å²) in [5.74, 6) is 0.566. The van der Waals surface area contributed by atoms with Crippen LogP contribution in [0.15, 0.2) is 36.9 Å². The van der Waals surface area contributed by atoms with Gasteiger partial charge in [0.1, 0.15) is 6.61 Å². The maximum Gasteiger partial charge on any atom is 0.511 e. The molecule has 0 aliphatic carbocycles. The Bertz CT molecular complexity index is 333. The fourth-order valence-corrected chi connectivity index (χ4v) is 0.896. The van der Waals surface area contributed by atoms with Crippen molar-refractivity contribution in [1.82, 2.24) is 0 Å². The summed E-state index contributed by atoms with van der Waals surface area (Å²) < 4.78 is 9.68. The molecule has 4 heteroatoms. The number of hydrogen-bond acceptors (Lipinski definition) is 3. The number of rotatable bonds is 4. The molecule has 1 aromatic rings. The van der Waals surface area contributed by atoms with Gasteiger partial charge in [-0.15, -0.1) is 0 Å². The molecule has 0 fully saturated rings. The molecule has 74 valence electrons. The van der Waals surface area contributed by atoms with Crippen LogP contribution in [0.4, 0.5) is 4.79 Å². The highest BCUT2D eigenvalue weighted by molar-refractivity contribution is 5.62. The monoisotopic (exact) mass is 194 g/mol. The van der Waals surface area contributed by atoms with Gasteiger partial charge in [-0.1, -0.05) is 24.8 Å². The highest BCUT2D eigenvalue weighted by atomic mass is 16.7. The van der Waals surface area contributed by atoms with E-state index in [1.54, 1.807) is 24.3 Å². The zero-order chi connectivity index (χ0) is 10.4. The second-order valence-electron chi connectivity index (χ2n) is 2.41. The van der Waals surface area contributed by atoms with Crippen molar-refractivity contribution in [1.29, 1.82) is 0 Å². The zero-order valence-electron chi connectivity index (χ0n) is 7.47. The quantitative estimate of drug-likeness (QED) is 0.454. The zero-order valence-corrected chi connectivity index (χ0v) is 7.47. The second-order valence-corrected chi connectivity index (χ2v) is 2.41. The van der Waals surface area contributed by atoms with Gasteiger partial charge < -0.3 is 14.6 Å². The van der Waals surface area contributed by atoms with Crippen LogP contribution in [0.5, 0.6) is 11.5 Å². The Morgan fingerprint density at radius 3 is 2.64 bits per heavy atom. The lowest BCUT2D eigenvalue weighted by atomic mass is 10.3. The summed E-state index contributed by atoms with van der Waals surface area (Å²) in [5.41, 5.74) is 0. The Kier molecular flexibility index (Phi) is 3.55. The summed E-state index contributed by atoms with van der Waals surface area (Å²) in [4.78, 5) is 10.3. The molecule has 0 saturated heterocycles.